The first kappa shape index (κ1) is 11.9. The fourth-order valence-electron chi connectivity index (χ4n) is 1.71. The van der Waals surface area contributed by atoms with Crippen LogP contribution in [0.1, 0.15) is 39.5 Å². The third-order valence-corrected chi connectivity index (χ3v) is 4.86. The van der Waals surface area contributed by atoms with Crippen molar-refractivity contribution in [2.45, 2.75) is 50.3 Å². The van der Waals surface area contributed by atoms with Gasteiger partial charge in [-0.3, -0.25) is 0 Å². The minimum absolute atomic E-state index is 0.201. The molecule has 4 nitrogen and oxygen atoms in total. The van der Waals surface area contributed by atoms with Crippen molar-refractivity contribution in [3.05, 3.63) is 0 Å². The van der Waals surface area contributed by atoms with E-state index in [2.05, 4.69) is 4.72 Å². The van der Waals surface area contributed by atoms with E-state index >= 15 is 0 Å². The summed E-state index contributed by atoms with van der Waals surface area (Å²) in [6, 6.07) is 0. The van der Waals surface area contributed by atoms with Crippen molar-refractivity contribution in [2.24, 2.45) is 5.73 Å². The van der Waals surface area contributed by atoms with E-state index in [-0.39, 0.29) is 5.25 Å². The summed E-state index contributed by atoms with van der Waals surface area (Å²) >= 11 is 0. The van der Waals surface area contributed by atoms with E-state index in [1.54, 1.807) is 13.8 Å². The molecule has 1 aliphatic carbocycles. The molecule has 0 saturated heterocycles. The van der Waals surface area contributed by atoms with Gasteiger partial charge in [0.15, 0.2) is 0 Å². The Morgan fingerprint density at radius 3 is 2.29 bits per heavy atom. The van der Waals surface area contributed by atoms with Crippen LogP contribution in [0.5, 0.6) is 0 Å². The van der Waals surface area contributed by atoms with Crippen molar-refractivity contribution in [3.63, 3.8) is 0 Å². The third-order valence-electron chi connectivity index (χ3n) is 2.67. The van der Waals surface area contributed by atoms with Gasteiger partial charge >= 0.3 is 0 Å². The monoisotopic (exact) mass is 220 g/mol. The minimum atomic E-state index is -3.16. The van der Waals surface area contributed by atoms with E-state index in [4.69, 9.17) is 5.73 Å². The maximum absolute atomic E-state index is 11.8. The van der Waals surface area contributed by atoms with E-state index < -0.39 is 15.6 Å². The zero-order chi connectivity index (χ0) is 10.8. The van der Waals surface area contributed by atoms with Crippen LogP contribution < -0.4 is 10.5 Å². The topological polar surface area (TPSA) is 72.2 Å². The second kappa shape index (κ2) is 4.16. The Morgan fingerprint density at radius 1 is 1.36 bits per heavy atom. The molecule has 84 valence electrons. The summed E-state index contributed by atoms with van der Waals surface area (Å²) in [6.45, 7) is 3.93. The van der Waals surface area contributed by atoms with Crippen molar-refractivity contribution >= 4 is 10.0 Å². The predicted molar refractivity (Wildman–Crippen MR) is 57.4 cm³/mol. The summed E-state index contributed by atoms with van der Waals surface area (Å²) < 4.78 is 26.4. The van der Waals surface area contributed by atoms with Crippen LogP contribution in [0.15, 0.2) is 0 Å². The van der Waals surface area contributed by atoms with Crippen molar-refractivity contribution in [2.75, 3.05) is 6.54 Å². The molecule has 0 aromatic rings. The van der Waals surface area contributed by atoms with Crippen LogP contribution in [0.4, 0.5) is 0 Å². The van der Waals surface area contributed by atoms with Crippen LogP contribution in [-0.2, 0) is 10.0 Å². The third kappa shape index (κ3) is 2.93. The van der Waals surface area contributed by atoms with Crippen LogP contribution in [0.2, 0.25) is 0 Å². The Morgan fingerprint density at radius 2 is 1.86 bits per heavy atom. The summed E-state index contributed by atoms with van der Waals surface area (Å²) in [7, 11) is -3.16. The first-order valence-corrected chi connectivity index (χ1v) is 6.65. The van der Waals surface area contributed by atoms with Gasteiger partial charge in [-0.15, -0.1) is 0 Å². The fourth-order valence-corrected chi connectivity index (χ4v) is 3.68. The zero-order valence-corrected chi connectivity index (χ0v) is 9.73. The average Bonchev–Trinajstić information content (AvgIpc) is 2.54. The van der Waals surface area contributed by atoms with Gasteiger partial charge in [-0.2, -0.15) is 0 Å². The van der Waals surface area contributed by atoms with Crippen LogP contribution in [0.25, 0.3) is 0 Å². The smallest absolute Gasteiger partial charge is 0.215 e. The van der Waals surface area contributed by atoms with Crippen molar-refractivity contribution in [1.82, 2.24) is 4.72 Å². The lowest BCUT2D eigenvalue weighted by atomic mass is 10.1. The van der Waals surface area contributed by atoms with Gasteiger partial charge in [0.25, 0.3) is 0 Å². The number of nitrogens with two attached hydrogens (primary N) is 1. The molecular formula is C9H20N2O2S. The zero-order valence-electron chi connectivity index (χ0n) is 8.91. The van der Waals surface area contributed by atoms with Crippen LogP contribution in [0.3, 0.4) is 0 Å². The summed E-state index contributed by atoms with van der Waals surface area (Å²) in [5.74, 6) is 0. The Balaban J connectivity index is 2.66. The predicted octanol–water partition coefficient (Wildman–Crippen LogP) is 0.586. The number of nitrogens with one attached hydrogen (secondary N) is 1. The molecule has 14 heavy (non-hydrogen) atoms. The van der Waals surface area contributed by atoms with E-state index in [9.17, 15) is 8.42 Å². The molecular weight excluding hydrogens is 200 g/mol. The molecule has 1 fully saturated rings. The second-order valence-electron chi connectivity index (χ2n) is 4.64. The number of rotatable bonds is 4. The average molecular weight is 220 g/mol. The van der Waals surface area contributed by atoms with Crippen LogP contribution in [-0.4, -0.2) is 25.8 Å². The molecule has 0 atom stereocenters. The van der Waals surface area contributed by atoms with E-state index in [0.29, 0.717) is 6.54 Å². The number of hydrogen-bond donors (Lipinski definition) is 2. The Labute approximate surface area is 86.3 Å². The first-order chi connectivity index (χ1) is 6.37. The van der Waals surface area contributed by atoms with Gasteiger partial charge in [-0.1, -0.05) is 12.8 Å². The van der Waals surface area contributed by atoms with Gasteiger partial charge in [-0.05, 0) is 26.7 Å². The van der Waals surface area contributed by atoms with Crippen LogP contribution >= 0.6 is 0 Å². The second-order valence-corrected chi connectivity index (χ2v) is 6.60. The summed E-state index contributed by atoms with van der Waals surface area (Å²) in [4.78, 5) is 0. The Hall–Kier alpha value is -0.130. The number of hydrogen-bond acceptors (Lipinski definition) is 3. The summed E-state index contributed by atoms with van der Waals surface area (Å²) in [5, 5.41) is -0.201. The molecule has 0 spiro atoms. The van der Waals surface area contributed by atoms with E-state index in [1.807, 2.05) is 0 Å². The molecule has 0 heterocycles. The molecule has 0 aromatic heterocycles. The molecule has 0 unspecified atom stereocenters. The quantitative estimate of drug-likeness (QED) is 0.728. The Kier molecular flexibility index (Phi) is 3.55. The molecule has 1 aliphatic rings. The minimum Gasteiger partial charge on any atom is -0.329 e. The van der Waals surface area contributed by atoms with Gasteiger partial charge in [0.05, 0.1) is 5.25 Å². The highest BCUT2D eigenvalue weighted by Crippen LogP contribution is 2.24. The molecule has 0 amide bonds. The molecule has 0 bridgehead atoms. The standard InChI is InChI=1S/C9H20N2O2S/c1-9(2,7-10)11-14(12,13)8-5-3-4-6-8/h8,11H,3-7,10H2,1-2H3. The highest BCUT2D eigenvalue weighted by atomic mass is 32.2. The lowest BCUT2D eigenvalue weighted by molar-refractivity contribution is 0.457. The van der Waals surface area contributed by atoms with Gasteiger partial charge in [0, 0.05) is 12.1 Å². The highest BCUT2D eigenvalue weighted by Gasteiger charge is 2.32. The van der Waals surface area contributed by atoms with E-state index in [0.717, 1.165) is 25.7 Å². The van der Waals surface area contributed by atoms with Crippen LogP contribution in [0, 0.1) is 0 Å². The van der Waals surface area contributed by atoms with Gasteiger partial charge < -0.3 is 5.73 Å². The maximum Gasteiger partial charge on any atom is 0.215 e. The van der Waals surface area contributed by atoms with Gasteiger partial charge in [-0.25, -0.2) is 13.1 Å². The highest BCUT2D eigenvalue weighted by molar-refractivity contribution is 7.90. The first-order valence-electron chi connectivity index (χ1n) is 5.10. The molecule has 0 aromatic carbocycles. The molecule has 0 aliphatic heterocycles. The molecule has 3 N–H and O–H groups in total. The number of sulfonamides is 1. The lowest BCUT2D eigenvalue weighted by Crippen LogP contribution is -2.51. The van der Waals surface area contributed by atoms with Crippen molar-refractivity contribution < 1.29 is 8.42 Å². The Bertz CT molecular complexity index is 279. The SMILES string of the molecule is CC(C)(CN)NS(=O)(=O)C1CCCC1. The largest absolute Gasteiger partial charge is 0.329 e. The van der Waals surface area contributed by atoms with E-state index in [1.165, 1.54) is 0 Å². The summed E-state index contributed by atoms with van der Waals surface area (Å²) in [5.41, 5.74) is 4.96. The molecule has 0 radical (unpaired) electrons. The van der Waals surface area contributed by atoms with Crippen molar-refractivity contribution in [3.8, 4) is 0 Å². The van der Waals surface area contributed by atoms with Gasteiger partial charge in [0.2, 0.25) is 10.0 Å². The lowest BCUT2D eigenvalue weighted by Gasteiger charge is -2.26. The van der Waals surface area contributed by atoms with Gasteiger partial charge in [0.1, 0.15) is 0 Å². The normalized spacial score (nSPS) is 20.2. The maximum atomic E-state index is 11.8. The fraction of sp³-hybridized carbons (Fsp3) is 1.00. The molecule has 5 heteroatoms. The summed E-state index contributed by atoms with van der Waals surface area (Å²) in [6.07, 6.45) is 3.62. The van der Waals surface area contributed by atoms with Crippen molar-refractivity contribution in [1.29, 1.82) is 0 Å². The molecule has 1 rings (SSSR count). The molecule has 1 saturated carbocycles.